The Balaban J connectivity index is 1.42. The standard InChI is InChI=1S/C27H21ClN2O3/c1-2-33-21-12-11-16(28)13-15(21)14-29-30-26(31)24-22-17-7-3-4-8-18(17)23(25(24)27(30)32)20-10-6-5-9-19(20)22/h3-14,22-25H,2H2,1H3. The summed E-state index contributed by atoms with van der Waals surface area (Å²) in [5.74, 6) is -1.09. The first kappa shape index (κ1) is 20.2. The number of ether oxygens (including phenoxy) is 1. The van der Waals surface area contributed by atoms with Crippen molar-refractivity contribution >= 4 is 29.6 Å². The number of imide groups is 1. The maximum atomic E-state index is 13.6. The van der Waals surface area contributed by atoms with Crippen LogP contribution in [0.2, 0.25) is 5.02 Å². The Morgan fingerprint density at radius 1 is 0.879 bits per heavy atom. The maximum Gasteiger partial charge on any atom is 0.254 e. The molecule has 3 aromatic rings. The fourth-order valence-electron chi connectivity index (χ4n) is 5.80. The lowest BCUT2D eigenvalue weighted by Gasteiger charge is -2.45. The molecule has 1 fully saturated rings. The number of halogens is 1. The molecule has 1 saturated heterocycles. The van der Waals surface area contributed by atoms with Crippen molar-refractivity contribution in [2.75, 3.05) is 6.61 Å². The van der Waals surface area contributed by atoms with Gasteiger partial charge in [-0.3, -0.25) is 9.59 Å². The number of rotatable bonds is 4. The predicted molar refractivity (Wildman–Crippen MR) is 126 cm³/mol. The van der Waals surface area contributed by atoms with Gasteiger partial charge in [-0.1, -0.05) is 60.1 Å². The van der Waals surface area contributed by atoms with Gasteiger partial charge in [0.05, 0.1) is 24.7 Å². The van der Waals surface area contributed by atoms with Gasteiger partial charge in [0.25, 0.3) is 11.8 Å². The molecule has 33 heavy (non-hydrogen) atoms. The summed E-state index contributed by atoms with van der Waals surface area (Å²) >= 11 is 6.15. The molecule has 0 saturated carbocycles. The summed E-state index contributed by atoms with van der Waals surface area (Å²) in [6.45, 7) is 2.37. The highest BCUT2D eigenvalue weighted by molar-refractivity contribution is 6.31. The molecule has 7 rings (SSSR count). The molecular formula is C27H21ClN2O3. The van der Waals surface area contributed by atoms with Gasteiger partial charge in [-0.05, 0) is 47.4 Å². The molecule has 0 aromatic heterocycles. The van der Waals surface area contributed by atoms with E-state index in [2.05, 4.69) is 29.4 Å². The number of hydrogen-bond acceptors (Lipinski definition) is 4. The van der Waals surface area contributed by atoms with Crippen molar-refractivity contribution in [2.24, 2.45) is 16.9 Å². The third-order valence-electron chi connectivity index (χ3n) is 7.01. The molecule has 0 spiro atoms. The molecule has 1 heterocycles. The molecule has 2 amide bonds. The molecular weight excluding hydrogens is 436 g/mol. The van der Waals surface area contributed by atoms with Crippen molar-refractivity contribution in [1.29, 1.82) is 0 Å². The van der Waals surface area contributed by atoms with Crippen LogP contribution < -0.4 is 4.74 Å². The van der Waals surface area contributed by atoms with Gasteiger partial charge in [-0.25, -0.2) is 0 Å². The van der Waals surface area contributed by atoms with E-state index in [4.69, 9.17) is 16.3 Å². The number of carbonyl (C=O) groups excluding carboxylic acids is 2. The third kappa shape index (κ3) is 2.89. The Labute approximate surface area is 196 Å². The normalized spacial score (nSPS) is 24.7. The van der Waals surface area contributed by atoms with E-state index in [1.807, 2.05) is 31.2 Å². The molecule has 3 aliphatic carbocycles. The van der Waals surface area contributed by atoms with E-state index >= 15 is 0 Å². The van der Waals surface area contributed by atoms with E-state index in [1.165, 1.54) is 6.21 Å². The Hall–Kier alpha value is -3.44. The summed E-state index contributed by atoms with van der Waals surface area (Å²) in [4.78, 5) is 27.2. The van der Waals surface area contributed by atoms with Crippen molar-refractivity contribution < 1.29 is 14.3 Å². The van der Waals surface area contributed by atoms with E-state index in [0.717, 1.165) is 27.3 Å². The Morgan fingerprint density at radius 3 is 1.88 bits per heavy atom. The molecule has 6 heteroatoms. The van der Waals surface area contributed by atoms with E-state index in [9.17, 15) is 9.59 Å². The van der Waals surface area contributed by atoms with E-state index in [1.54, 1.807) is 18.2 Å². The first-order valence-electron chi connectivity index (χ1n) is 11.1. The number of hydrazone groups is 1. The second-order valence-electron chi connectivity index (χ2n) is 8.61. The molecule has 0 radical (unpaired) electrons. The molecule has 1 aliphatic heterocycles. The van der Waals surface area contributed by atoms with Crippen LogP contribution in [0, 0.1) is 11.8 Å². The topological polar surface area (TPSA) is 59.0 Å². The zero-order valence-electron chi connectivity index (χ0n) is 17.9. The maximum absolute atomic E-state index is 13.6. The van der Waals surface area contributed by atoms with Crippen LogP contribution in [0.3, 0.4) is 0 Å². The van der Waals surface area contributed by atoms with Gasteiger partial charge in [0.2, 0.25) is 0 Å². The molecule has 0 N–H and O–H groups in total. The van der Waals surface area contributed by atoms with Gasteiger partial charge in [-0.15, -0.1) is 0 Å². The van der Waals surface area contributed by atoms with Gasteiger partial charge < -0.3 is 4.74 Å². The molecule has 2 unspecified atom stereocenters. The highest BCUT2D eigenvalue weighted by Gasteiger charge is 2.61. The summed E-state index contributed by atoms with van der Waals surface area (Å²) in [6, 6.07) is 21.6. The van der Waals surface area contributed by atoms with E-state index in [0.29, 0.717) is 22.9 Å². The molecule has 5 nitrogen and oxygen atoms in total. The van der Waals surface area contributed by atoms with Crippen molar-refractivity contribution in [1.82, 2.24) is 5.01 Å². The average molecular weight is 457 g/mol. The van der Waals surface area contributed by atoms with Crippen LogP contribution in [0.1, 0.15) is 46.6 Å². The van der Waals surface area contributed by atoms with Gasteiger partial charge in [0, 0.05) is 22.4 Å². The van der Waals surface area contributed by atoms with Crippen LogP contribution in [0.5, 0.6) is 5.75 Å². The minimum Gasteiger partial charge on any atom is -0.493 e. The zero-order chi connectivity index (χ0) is 22.7. The summed E-state index contributed by atoms with van der Waals surface area (Å²) < 4.78 is 5.65. The Morgan fingerprint density at radius 2 is 1.39 bits per heavy atom. The summed E-state index contributed by atoms with van der Waals surface area (Å²) in [7, 11) is 0. The Bertz CT molecular complexity index is 1220. The van der Waals surface area contributed by atoms with Crippen molar-refractivity contribution in [3.05, 3.63) is 99.6 Å². The molecule has 2 atom stereocenters. The lowest BCUT2D eigenvalue weighted by molar-refractivity contribution is -0.139. The highest BCUT2D eigenvalue weighted by atomic mass is 35.5. The predicted octanol–water partition coefficient (Wildman–Crippen LogP) is 4.96. The number of nitrogens with zero attached hydrogens (tertiary/aromatic N) is 2. The lowest BCUT2D eigenvalue weighted by atomic mass is 9.55. The van der Waals surface area contributed by atoms with Crippen LogP contribution in [-0.4, -0.2) is 29.6 Å². The number of amides is 2. The largest absolute Gasteiger partial charge is 0.493 e. The minimum atomic E-state index is -0.449. The summed E-state index contributed by atoms with van der Waals surface area (Å²) in [5.41, 5.74) is 5.19. The van der Waals surface area contributed by atoms with Gasteiger partial charge >= 0.3 is 0 Å². The van der Waals surface area contributed by atoms with Crippen LogP contribution in [0.25, 0.3) is 0 Å². The van der Waals surface area contributed by atoms with Gasteiger partial charge in [-0.2, -0.15) is 10.1 Å². The van der Waals surface area contributed by atoms with Gasteiger partial charge in [0.15, 0.2) is 0 Å². The zero-order valence-corrected chi connectivity index (χ0v) is 18.7. The fourth-order valence-corrected chi connectivity index (χ4v) is 5.98. The minimum absolute atomic E-state index is 0.144. The number of hydrogen-bond donors (Lipinski definition) is 0. The van der Waals surface area contributed by atoms with Crippen LogP contribution in [0.4, 0.5) is 0 Å². The van der Waals surface area contributed by atoms with Crippen molar-refractivity contribution in [3.8, 4) is 5.75 Å². The van der Waals surface area contributed by atoms with Crippen molar-refractivity contribution in [3.63, 3.8) is 0 Å². The summed E-state index contributed by atoms with van der Waals surface area (Å²) in [5, 5.41) is 5.94. The summed E-state index contributed by atoms with van der Waals surface area (Å²) in [6.07, 6.45) is 1.49. The van der Waals surface area contributed by atoms with E-state index in [-0.39, 0.29) is 23.7 Å². The van der Waals surface area contributed by atoms with E-state index < -0.39 is 11.8 Å². The smallest absolute Gasteiger partial charge is 0.254 e. The molecule has 4 aliphatic rings. The number of benzene rings is 3. The SMILES string of the molecule is CCOc1ccc(Cl)cc1C=NN1C(=O)C2C3c4ccccc4C(c4ccccc43)C2C1=O. The average Bonchev–Trinajstić information content (AvgIpc) is 3.09. The first-order chi connectivity index (χ1) is 16.1. The number of carbonyl (C=O) groups is 2. The highest BCUT2D eigenvalue weighted by Crippen LogP contribution is 2.60. The monoisotopic (exact) mass is 456 g/mol. The Kier molecular flexibility index (Phi) is 4.63. The second kappa shape index (κ2) is 7.56. The van der Waals surface area contributed by atoms with Crippen molar-refractivity contribution in [2.45, 2.75) is 18.8 Å². The van der Waals surface area contributed by atoms with Crippen LogP contribution >= 0.6 is 11.6 Å². The molecule has 3 aromatic carbocycles. The fraction of sp³-hybridized carbons (Fsp3) is 0.222. The molecule has 164 valence electrons. The second-order valence-corrected chi connectivity index (χ2v) is 9.05. The third-order valence-corrected chi connectivity index (χ3v) is 7.24. The van der Waals surface area contributed by atoms with Crippen LogP contribution in [0.15, 0.2) is 71.8 Å². The molecule has 2 bridgehead atoms. The van der Waals surface area contributed by atoms with Crippen LogP contribution in [-0.2, 0) is 9.59 Å². The van der Waals surface area contributed by atoms with Gasteiger partial charge in [0.1, 0.15) is 5.75 Å². The lowest BCUT2D eigenvalue weighted by Crippen LogP contribution is -2.41. The quantitative estimate of drug-likeness (QED) is 0.411. The first-order valence-corrected chi connectivity index (χ1v) is 11.5.